The van der Waals surface area contributed by atoms with Gasteiger partial charge in [0, 0.05) is 4.90 Å². The highest BCUT2D eigenvalue weighted by atomic mass is 32.2. The van der Waals surface area contributed by atoms with Crippen LogP contribution in [-0.2, 0) is 19.1 Å². The van der Waals surface area contributed by atoms with Gasteiger partial charge >= 0.3 is 12.1 Å². The normalized spacial score (nSPS) is 9.81. The van der Waals surface area contributed by atoms with Gasteiger partial charge in [-0.05, 0) is 19.1 Å². The molecule has 0 aliphatic rings. The lowest BCUT2D eigenvalue weighted by Crippen LogP contribution is -2.34. The number of hydrogen-bond donors (Lipinski definition) is 1. The molecule has 21 heavy (non-hydrogen) atoms. The molecule has 0 saturated carbocycles. The maximum Gasteiger partial charge on any atom is 0.413 e. The van der Waals surface area contributed by atoms with Crippen molar-refractivity contribution in [3.63, 3.8) is 0 Å². The van der Waals surface area contributed by atoms with Gasteiger partial charge in [-0.2, -0.15) is 0 Å². The summed E-state index contributed by atoms with van der Waals surface area (Å²) < 4.78 is 22.4. The highest BCUT2D eigenvalue weighted by Gasteiger charge is 2.12. The Hall–Kier alpha value is -2.09. The number of esters is 1. The van der Waals surface area contributed by atoms with Crippen LogP contribution in [0.5, 0.6) is 0 Å². The minimum absolute atomic E-state index is 0.123. The molecular weight excluding hydrogens is 301 g/mol. The summed E-state index contributed by atoms with van der Waals surface area (Å²) in [6.07, 6.45) is -0.903. The highest BCUT2D eigenvalue weighted by molar-refractivity contribution is 8.00. The lowest BCUT2D eigenvalue weighted by molar-refractivity contribution is -0.145. The Morgan fingerprint density at radius 2 is 1.95 bits per heavy atom. The molecule has 0 aromatic heterocycles. The van der Waals surface area contributed by atoms with E-state index >= 15 is 0 Å². The minimum atomic E-state index is -0.903. The molecule has 1 aromatic carbocycles. The quantitative estimate of drug-likeness (QED) is 0.636. The van der Waals surface area contributed by atoms with E-state index in [1.54, 1.807) is 13.0 Å². The maximum absolute atomic E-state index is 13.3. The van der Waals surface area contributed by atoms with Crippen molar-refractivity contribution in [1.82, 2.24) is 5.32 Å². The number of benzene rings is 1. The number of halogens is 1. The first kappa shape index (κ1) is 17.0. The van der Waals surface area contributed by atoms with Crippen LogP contribution in [-0.4, -0.2) is 36.9 Å². The van der Waals surface area contributed by atoms with E-state index in [9.17, 15) is 18.8 Å². The van der Waals surface area contributed by atoms with E-state index in [0.29, 0.717) is 4.90 Å². The summed E-state index contributed by atoms with van der Waals surface area (Å²) in [4.78, 5) is 33.8. The molecule has 0 heterocycles. The third-order valence-electron chi connectivity index (χ3n) is 2.06. The SMILES string of the molecule is CCOC(=O)NC(=O)COC(=O)CSc1ccccc1F. The number of ether oxygens (including phenoxy) is 2. The fraction of sp³-hybridized carbons (Fsp3) is 0.308. The summed E-state index contributed by atoms with van der Waals surface area (Å²) >= 11 is 0.956. The Morgan fingerprint density at radius 3 is 2.62 bits per heavy atom. The van der Waals surface area contributed by atoms with Crippen LogP contribution in [0.3, 0.4) is 0 Å². The standard InChI is InChI=1S/C13H14FNO5S/c1-2-19-13(18)15-11(16)7-20-12(17)8-21-10-6-4-3-5-9(10)14/h3-6H,2,7-8H2,1H3,(H,15,16,18). The average Bonchev–Trinajstić information content (AvgIpc) is 2.44. The summed E-state index contributed by atoms with van der Waals surface area (Å²) in [5, 5.41) is 1.87. The van der Waals surface area contributed by atoms with Gasteiger partial charge in [-0.15, -0.1) is 11.8 Å². The second kappa shape index (κ2) is 8.96. The molecule has 1 N–H and O–H groups in total. The third-order valence-corrected chi connectivity index (χ3v) is 3.09. The summed E-state index contributed by atoms with van der Waals surface area (Å²) in [6, 6.07) is 5.99. The number of imide groups is 1. The topological polar surface area (TPSA) is 81.7 Å². The number of amides is 2. The fourth-order valence-corrected chi connectivity index (χ4v) is 1.94. The molecule has 8 heteroatoms. The van der Waals surface area contributed by atoms with Crippen molar-refractivity contribution in [2.24, 2.45) is 0 Å². The van der Waals surface area contributed by atoms with Crippen molar-refractivity contribution in [1.29, 1.82) is 0 Å². The Morgan fingerprint density at radius 1 is 1.24 bits per heavy atom. The molecule has 0 saturated heterocycles. The smallest absolute Gasteiger partial charge is 0.413 e. The van der Waals surface area contributed by atoms with Crippen molar-refractivity contribution < 1.29 is 28.2 Å². The van der Waals surface area contributed by atoms with Crippen molar-refractivity contribution in [3.05, 3.63) is 30.1 Å². The number of rotatable bonds is 6. The molecule has 0 atom stereocenters. The van der Waals surface area contributed by atoms with E-state index in [4.69, 9.17) is 0 Å². The second-order valence-corrected chi connectivity index (χ2v) is 4.67. The molecule has 0 aliphatic carbocycles. The first-order valence-electron chi connectivity index (χ1n) is 6.02. The van der Waals surface area contributed by atoms with Crippen molar-refractivity contribution in [2.45, 2.75) is 11.8 Å². The largest absolute Gasteiger partial charge is 0.455 e. The van der Waals surface area contributed by atoms with Crippen LogP contribution in [0.25, 0.3) is 0 Å². The summed E-state index contributed by atoms with van der Waals surface area (Å²) in [5.41, 5.74) is 0. The van der Waals surface area contributed by atoms with Gasteiger partial charge in [-0.25, -0.2) is 9.18 Å². The van der Waals surface area contributed by atoms with Crippen LogP contribution >= 0.6 is 11.8 Å². The molecule has 0 radical (unpaired) electrons. The van der Waals surface area contributed by atoms with Crippen molar-refractivity contribution >= 4 is 29.7 Å². The van der Waals surface area contributed by atoms with E-state index in [0.717, 1.165) is 11.8 Å². The number of thioether (sulfide) groups is 1. The molecule has 1 aromatic rings. The number of nitrogens with one attached hydrogen (secondary N) is 1. The highest BCUT2D eigenvalue weighted by Crippen LogP contribution is 2.20. The van der Waals surface area contributed by atoms with E-state index in [1.807, 2.05) is 5.32 Å². The first-order chi connectivity index (χ1) is 10.0. The molecule has 0 fully saturated rings. The number of carbonyl (C=O) groups excluding carboxylic acids is 3. The van der Waals surface area contributed by atoms with Crippen molar-refractivity contribution in [2.75, 3.05) is 19.0 Å². The van der Waals surface area contributed by atoms with Gasteiger partial charge in [-0.1, -0.05) is 12.1 Å². The Labute approximate surface area is 125 Å². The van der Waals surface area contributed by atoms with Gasteiger partial charge in [0.1, 0.15) is 5.82 Å². The molecule has 2 amide bonds. The van der Waals surface area contributed by atoms with Crippen LogP contribution < -0.4 is 5.32 Å². The Balaban J connectivity index is 2.27. The van der Waals surface area contributed by atoms with Crippen LogP contribution in [0.2, 0.25) is 0 Å². The van der Waals surface area contributed by atoms with Gasteiger partial charge in [0.25, 0.3) is 5.91 Å². The molecule has 6 nitrogen and oxygen atoms in total. The predicted octanol–water partition coefficient (Wildman–Crippen LogP) is 1.73. The lowest BCUT2D eigenvalue weighted by Gasteiger charge is -2.06. The zero-order chi connectivity index (χ0) is 15.7. The molecule has 0 unspecified atom stereocenters. The van der Waals surface area contributed by atoms with Crippen LogP contribution in [0.1, 0.15) is 6.92 Å². The monoisotopic (exact) mass is 315 g/mol. The summed E-state index contributed by atoms with van der Waals surface area (Å²) in [6.45, 7) is 1.11. The molecule has 0 aliphatic heterocycles. The van der Waals surface area contributed by atoms with E-state index < -0.39 is 30.4 Å². The zero-order valence-electron chi connectivity index (χ0n) is 11.3. The Kier molecular flexibility index (Phi) is 7.24. The fourth-order valence-electron chi connectivity index (χ4n) is 1.20. The van der Waals surface area contributed by atoms with Crippen LogP contribution in [0.15, 0.2) is 29.2 Å². The maximum atomic E-state index is 13.3. The number of carbonyl (C=O) groups is 3. The summed E-state index contributed by atoms with van der Waals surface area (Å²) in [7, 11) is 0. The van der Waals surface area contributed by atoms with Gasteiger partial charge in [0.05, 0.1) is 12.4 Å². The molecule has 1 rings (SSSR count). The molecule has 0 bridgehead atoms. The molecular formula is C13H14FNO5S. The van der Waals surface area contributed by atoms with Crippen LogP contribution in [0, 0.1) is 5.82 Å². The van der Waals surface area contributed by atoms with Gasteiger partial charge in [0.2, 0.25) is 0 Å². The lowest BCUT2D eigenvalue weighted by atomic mass is 10.3. The number of hydrogen-bond acceptors (Lipinski definition) is 6. The van der Waals surface area contributed by atoms with E-state index in [-0.39, 0.29) is 12.4 Å². The van der Waals surface area contributed by atoms with Gasteiger partial charge < -0.3 is 9.47 Å². The second-order valence-electron chi connectivity index (χ2n) is 3.65. The molecule has 114 valence electrons. The van der Waals surface area contributed by atoms with Crippen LogP contribution in [0.4, 0.5) is 9.18 Å². The summed E-state index contributed by atoms with van der Waals surface area (Å²) in [5.74, 6) is -2.07. The van der Waals surface area contributed by atoms with Gasteiger partial charge in [-0.3, -0.25) is 14.9 Å². The number of alkyl carbamates (subject to hydrolysis) is 1. The molecule has 0 spiro atoms. The predicted molar refractivity (Wildman–Crippen MR) is 73.2 cm³/mol. The minimum Gasteiger partial charge on any atom is -0.455 e. The Bertz CT molecular complexity index is 523. The average molecular weight is 315 g/mol. The van der Waals surface area contributed by atoms with Crippen molar-refractivity contribution in [3.8, 4) is 0 Å². The first-order valence-corrected chi connectivity index (χ1v) is 7.01. The van der Waals surface area contributed by atoms with E-state index in [1.165, 1.54) is 18.2 Å². The third kappa shape index (κ3) is 6.75. The zero-order valence-corrected chi connectivity index (χ0v) is 12.1. The van der Waals surface area contributed by atoms with Gasteiger partial charge in [0.15, 0.2) is 6.61 Å². The van der Waals surface area contributed by atoms with E-state index in [2.05, 4.69) is 9.47 Å².